The van der Waals surface area contributed by atoms with E-state index >= 15 is 0 Å². The number of rotatable bonds is 6. The van der Waals surface area contributed by atoms with Gasteiger partial charge in [0.1, 0.15) is 0 Å². The van der Waals surface area contributed by atoms with Gasteiger partial charge in [-0.3, -0.25) is 4.79 Å². The summed E-state index contributed by atoms with van der Waals surface area (Å²) in [6.45, 7) is 0. The largest absolute Gasteiger partial charge is 0.469 e. The van der Waals surface area contributed by atoms with Crippen LogP contribution in [0.4, 0.5) is 0 Å². The molecule has 1 fully saturated rings. The summed E-state index contributed by atoms with van der Waals surface area (Å²) < 4.78 is 29.2. The zero-order valence-corrected chi connectivity index (χ0v) is 13.9. The highest BCUT2D eigenvalue weighted by atomic mass is 35.5. The molecule has 0 bridgehead atoms. The van der Waals surface area contributed by atoms with E-state index in [4.69, 9.17) is 23.2 Å². The van der Waals surface area contributed by atoms with Crippen molar-refractivity contribution < 1.29 is 17.9 Å². The first-order valence-electron chi connectivity index (χ1n) is 6.46. The van der Waals surface area contributed by atoms with Crippen LogP contribution >= 0.6 is 23.2 Å². The second-order valence-corrected chi connectivity index (χ2v) is 8.41. The number of esters is 1. The van der Waals surface area contributed by atoms with E-state index in [1.165, 1.54) is 7.11 Å². The predicted molar refractivity (Wildman–Crippen MR) is 82.3 cm³/mol. The first-order chi connectivity index (χ1) is 9.75. The minimum absolute atomic E-state index is 0.00462. The van der Waals surface area contributed by atoms with Gasteiger partial charge in [-0.25, -0.2) is 8.42 Å². The molecule has 0 atom stereocenters. The fraction of sp³-hybridized carbons (Fsp3) is 0.500. The summed E-state index contributed by atoms with van der Waals surface area (Å²) in [4.78, 5) is 11.3. The topological polar surface area (TPSA) is 60.4 Å². The lowest BCUT2D eigenvalue weighted by molar-refractivity contribution is -0.141. The molecule has 21 heavy (non-hydrogen) atoms. The van der Waals surface area contributed by atoms with Gasteiger partial charge in [0.25, 0.3) is 0 Å². The molecular formula is C14H16Cl2O4S. The number of hydrogen-bond donors (Lipinski definition) is 0. The molecule has 0 unspecified atom stereocenters. The van der Waals surface area contributed by atoms with Crippen LogP contribution in [0.1, 0.15) is 24.8 Å². The van der Waals surface area contributed by atoms with Crippen molar-refractivity contribution in [3.63, 3.8) is 0 Å². The molecule has 1 aliphatic carbocycles. The Bertz CT molecular complexity index is 651. The maximum absolute atomic E-state index is 12.3. The van der Waals surface area contributed by atoms with Gasteiger partial charge in [-0.2, -0.15) is 0 Å². The second kappa shape index (κ2) is 6.15. The zero-order chi connectivity index (χ0) is 15.7. The van der Waals surface area contributed by atoms with Gasteiger partial charge in [-0.05, 0) is 36.0 Å². The van der Waals surface area contributed by atoms with Crippen LogP contribution < -0.4 is 0 Å². The molecule has 0 spiro atoms. The molecule has 0 saturated heterocycles. The van der Waals surface area contributed by atoms with Gasteiger partial charge in [0, 0.05) is 0 Å². The Morgan fingerprint density at radius 3 is 2.48 bits per heavy atom. The Labute approximate surface area is 134 Å². The molecule has 0 N–H and O–H groups in total. The Balaban J connectivity index is 2.05. The SMILES string of the molecule is COC(=O)CC1(CS(=O)(=O)Cc2ccc(Cl)c(Cl)c2)CC1. The van der Waals surface area contributed by atoms with E-state index < -0.39 is 15.3 Å². The van der Waals surface area contributed by atoms with Gasteiger partial charge in [0.2, 0.25) is 0 Å². The van der Waals surface area contributed by atoms with Gasteiger partial charge in [-0.15, -0.1) is 0 Å². The maximum Gasteiger partial charge on any atom is 0.306 e. The van der Waals surface area contributed by atoms with Crippen LogP contribution in [0.5, 0.6) is 0 Å². The highest BCUT2D eigenvalue weighted by molar-refractivity contribution is 7.90. The summed E-state index contributed by atoms with van der Waals surface area (Å²) in [5.41, 5.74) is 0.153. The van der Waals surface area contributed by atoms with Crippen LogP contribution in [0.25, 0.3) is 0 Å². The third-order valence-corrected chi connectivity index (χ3v) is 6.17. The number of carbonyl (C=O) groups excluding carboxylic acids is 1. The van der Waals surface area contributed by atoms with Gasteiger partial charge >= 0.3 is 5.97 Å². The monoisotopic (exact) mass is 350 g/mol. The smallest absolute Gasteiger partial charge is 0.306 e. The van der Waals surface area contributed by atoms with Crippen molar-refractivity contribution in [2.75, 3.05) is 12.9 Å². The minimum Gasteiger partial charge on any atom is -0.469 e. The van der Waals surface area contributed by atoms with E-state index in [9.17, 15) is 13.2 Å². The Hall–Kier alpha value is -0.780. The number of methoxy groups -OCH3 is 1. The number of hydrogen-bond acceptors (Lipinski definition) is 4. The number of sulfone groups is 1. The average Bonchev–Trinajstić information content (AvgIpc) is 3.11. The molecule has 0 aliphatic heterocycles. The van der Waals surface area contributed by atoms with Crippen molar-refractivity contribution >= 4 is 39.0 Å². The van der Waals surface area contributed by atoms with Crippen LogP contribution in [0, 0.1) is 5.41 Å². The molecule has 0 radical (unpaired) electrons. The van der Waals surface area contributed by atoms with Crippen molar-refractivity contribution in [2.45, 2.75) is 25.0 Å². The molecule has 1 saturated carbocycles. The van der Waals surface area contributed by atoms with Crippen LogP contribution in [-0.4, -0.2) is 27.2 Å². The van der Waals surface area contributed by atoms with E-state index in [0.717, 1.165) is 12.8 Å². The number of ether oxygens (including phenoxy) is 1. The molecule has 0 heterocycles. The average molecular weight is 351 g/mol. The molecule has 7 heteroatoms. The molecule has 0 amide bonds. The molecule has 116 valence electrons. The number of halogens is 2. The van der Waals surface area contributed by atoms with E-state index in [0.29, 0.717) is 15.6 Å². The molecule has 1 aromatic carbocycles. The second-order valence-electron chi connectivity index (χ2n) is 5.53. The van der Waals surface area contributed by atoms with Crippen molar-refractivity contribution in [1.82, 2.24) is 0 Å². The zero-order valence-electron chi connectivity index (χ0n) is 11.6. The lowest BCUT2D eigenvalue weighted by Crippen LogP contribution is -2.22. The van der Waals surface area contributed by atoms with Gasteiger partial charge < -0.3 is 4.74 Å². The summed E-state index contributed by atoms with van der Waals surface area (Å²) in [6, 6.07) is 4.78. The van der Waals surface area contributed by atoms with Crippen LogP contribution in [0.2, 0.25) is 10.0 Å². The summed E-state index contributed by atoms with van der Waals surface area (Å²) in [5, 5.41) is 0.724. The number of carbonyl (C=O) groups is 1. The highest BCUT2D eigenvalue weighted by Gasteiger charge is 2.47. The standard InChI is InChI=1S/C14H16Cl2O4S/c1-20-13(17)7-14(4-5-14)9-21(18,19)8-10-2-3-11(15)12(16)6-10/h2-3,6H,4-5,7-9H2,1H3. The number of benzene rings is 1. The molecule has 0 aromatic heterocycles. The molecule has 1 aliphatic rings. The minimum atomic E-state index is -3.32. The van der Waals surface area contributed by atoms with Gasteiger partial charge in [-0.1, -0.05) is 29.3 Å². The Morgan fingerprint density at radius 2 is 1.95 bits per heavy atom. The summed E-state index contributed by atoms with van der Waals surface area (Å²) in [6.07, 6.45) is 1.63. The first-order valence-corrected chi connectivity index (χ1v) is 9.04. The van der Waals surface area contributed by atoms with Gasteiger partial charge in [0.05, 0.1) is 35.1 Å². The highest BCUT2D eigenvalue weighted by Crippen LogP contribution is 2.50. The van der Waals surface area contributed by atoms with E-state index in [1.807, 2.05) is 0 Å². The van der Waals surface area contributed by atoms with Crippen LogP contribution in [0.3, 0.4) is 0 Å². The fourth-order valence-corrected chi connectivity index (χ4v) is 4.76. The third kappa shape index (κ3) is 4.59. The van der Waals surface area contributed by atoms with Crippen molar-refractivity contribution in [2.24, 2.45) is 5.41 Å². The Morgan fingerprint density at radius 1 is 1.29 bits per heavy atom. The lowest BCUT2D eigenvalue weighted by Gasteiger charge is -2.14. The molecule has 4 nitrogen and oxygen atoms in total. The quantitative estimate of drug-likeness (QED) is 0.738. The Kier molecular flexibility index (Phi) is 4.85. The lowest BCUT2D eigenvalue weighted by atomic mass is 10.1. The summed E-state index contributed by atoms with van der Waals surface area (Å²) in [7, 11) is -2.01. The van der Waals surface area contributed by atoms with Gasteiger partial charge in [0.15, 0.2) is 9.84 Å². The fourth-order valence-electron chi connectivity index (χ4n) is 2.33. The maximum atomic E-state index is 12.3. The summed E-state index contributed by atoms with van der Waals surface area (Å²) >= 11 is 11.7. The van der Waals surface area contributed by atoms with Crippen LogP contribution in [0.15, 0.2) is 18.2 Å². The van der Waals surface area contributed by atoms with Crippen molar-refractivity contribution in [3.8, 4) is 0 Å². The normalized spacial score (nSPS) is 16.5. The first kappa shape index (κ1) is 16.6. The summed E-state index contributed by atoms with van der Waals surface area (Å²) in [5.74, 6) is -0.473. The van der Waals surface area contributed by atoms with E-state index in [2.05, 4.69) is 4.74 Å². The van der Waals surface area contributed by atoms with Crippen LogP contribution in [-0.2, 0) is 25.1 Å². The predicted octanol–water partition coefficient (Wildman–Crippen LogP) is 3.25. The van der Waals surface area contributed by atoms with E-state index in [1.54, 1.807) is 18.2 Å². The van der Waals surface area contributed by atoms with Crippen molar-refractivity contribution in [3.05, 3.63) is 33.8 Å². The third-order valence-electron chi connectivity index (χ3n) is 3.60. The molecule has 1 aromatic rings. The van der Waals surface area contributed by atoms with Crippen molar-refractivity contribution in [1.29, 1.82) is 0 Å². The molecule has 2 rings (SSSR count). The van der Waals surface area contributed by atoms with E-state index in [-0.39, 0.29) is 23.9 Å². The molecular weight excluding hydrogens is 335 g/mol.